The summed E-state index contributed by atoms with van der Waals surface area (Å²) in [5, 5.41) is 10.1. The Hall–Kier alpha value is -1.26. The topological polar surface area (TPSA) is 110 Å². The first-order valence-corrected chi connectivity index (χ1v) is 7.08. The van der Waals surface area contributed by atoms with Gasteiger partial charge in [-0.25, -0.2) is 0 Å². The van der Waals surface area contributed by atoms with Crippen LogP contribution in [0.5, 0.6) is 0 Å². The van der Waals surface area contributed by atoms with E-state index in [0.717, 1.165) is 0 Å². The van der Waals surface area contributed by atoms with Gasteiger partial charge >= 0.3 is 11.9 Å². The molecule has 1 aliphatic heterocycles. The van der Waals surface area contributed by atoms with E-state index in [1.807, 2.05) is 0 Å². The second-order valence-corrected chi connectivity index (χ2v) is 5.04. The number of aliphatic hydroxyl groups is 1. The lowest BCUT2D eigenvalue weighted by Crippen LogP contribution is -2.63. The lowest BCUT2D eigenvalue weighted by Gasteiger charge is -2.44. The zero-order chi connectivity index (χ0) is 17.6. The zero-order valence-corrected chi connectivity index (χ0v) is 13.9. The smallest absolute Gasteiger partial charge is 0.303 e. The van der Waals surface area contributed by atoms with Crippen LogP contribution in [0.25, 0.3) is 0 Å². The number of esters is 2. The molecule has 9 nitrogen and oxygen atoms in total. The first-order chi connectivity index (χ1) is 10.8. The molecule has 0 saturated carbocycles. The summed E-state index contributed by atoms with van der Waals surface area (Å²) < 4.78 is 31.4. The van der Waals surface area contributed by atoms with Gasteiger partial charge in [-0.2, -0.15) is 0 Å². The fourth-order valence-electron chi connectivity index (χ4n) is 2.55. The third-order valence-corrected chi connectivity index (χ3v) is 3.50. The maximum atomic E-state index is 11.3. The molecular formula is C14H24O9. The number of aliphatic hydroxyl groups excluding tert-OH is 1. The molecule has 0 spiro atoms. The van der Waals surface area contributed by atoms with Crippen molar-refractivity contribution >= 4 is 11.9 Å². The molecule has 1 unspecified atom stereocenters. The highest BCUT2D eigenvalue weighted by atomic mass is 16.7. The summed E-state index contributed by atoms with van der Waals surface area (Å²) in [6, 6.07) is 0. The minimum absolute atomic E-state index is 0.236. The summed E-state index contributed by atoms with van der Waals surface area (Å²) in [6.07, 6.45) is -5.37. The van der Waals surface area contributed by atoms with Crippen LogP contribution < -0.4 is 0 Å². The Labute approximate surface area is 134 Å². The molecule has 0 radical (unpaired) electrons. The Morgan fingerprint density at radius 1 is 1.00 bits per heavy atom. The molecule has 1 rings (SSSR count). The highest BCUT2D eigenvalue weighted by Gasteiger charge is 2.50. The lowest BCUT2D eigenvalue weighted by atomic mass is 9.95. The van der Waals surface area contributed by atoms with Gasteiger partial charge in [-0.15, -0.1) is 0 Å². The lowest BCUT2D eigenvalue weighted by molar-refractivity contribution is -0.311. The highest BCUT2D eigenvalue weighted by molar-refractivity contribution is 5.67. The molecule has 0 aliphatic carbocycles. The van der Waals surface area contributed by atoms with E-state index in [4.69, 9.17) is 28.4 Å². The maximum Gasteiger partial charge on any atom is 0.303 e. The van der Waals surface area contributed by atoms with Gasteiger partial charge in [-0.1, -0.05) is 0 Å². The van der Waals surface area contributed by atoms with Crippen LogP contribution in [0.2, 0.25) is 0 Å². The minimum Gasteiger partial charge on any atom is -0.462 e. The van der Waals surface area contributed by atoms with Gasteiger partial charge in [0, 0.05) is 35.2 Å². The van der Waals surface area contributed by atoms with Gasteiger partial charge in [0.25, 0.3) is 0 Å². The molecule has 1 aliphatic rings. The number of ether oxygens (including phenoxy) is 6. The summed E-state index contributed by atoms with van der Waals surface area (Å²) in [4.78, 5) is 22.3. The Kier molecular flexibility index (Phi) is 7.86. The molecule has 0 bridgehead atoms. The summed E-state index contributed by atoms with van der Waals surface area (Å²) in [6.45, 7) is 2.21. The van der Waals surface area contributed by atoms with Gasteiger partial charge in [-0.3, -0.25) is 9.59 Å². The van der Waals surface area contributed by atoms with Gasteiger partial charge in [0.05, 0.1) is 0 Å². The Morgan fingerprint density at radius 2 is 1.57 bits per heavy atom. The Morgan fingerprint density at radius 3 is 2.00 bits per heavy atom. The molecule has 1 N–H and O–H groups in total. The fourth-order valence-corrected chi connectivity index (χ4v) is 2.55. The maximum absolute atomic E-state index is 11.3. The van der Waals surface area contributed by atoms with Crippen molar-refractivity contribution in [3.8, 4) is 0 Å². The molecular weight excluding hydrogens is 312 g/mol. The van der Waals surface area contributed by atoms with Crippen LogP contribution in [0.15, 0.2) is 0 Å². The average molecular weight is 336 g/mol. The zero-order valence-electron chi connectivity index (χ0n) is 13.9. The number of carbonyl (C=O) groups is 2. The number of rotatable bonds is 7. The van der Waals surface area contributed by atoms with Crippen molar-refractivity contribution in [2.75, 3.05) is 27.9 Å². The number of hydrogen-bond donors (Lipinski definition) is 1. The van der Waals surface area contributed by atoms with Crippen LogP contribution >= 0.6 is 0 Å². The average Bonchev–Trinajstić information content (AvgIpc) is 2.49. The molecule has 9 heteroatoms. The summed E-state index contributed by atoms with van der Waals surface area (Å²) in [5.74, 6) is -1.12. The second kappa shape index (κ2) is 9.14. The predicted octanol–water partition coefficient (Wildman–Crippen LogP) is -0.757. The minimum atomic E-state index is -1.32. The SMILES string of the molecule is CO[C@@H]1[C@@H]([C@@H](COC(C)=O)OC(C)=O)OC(O)[C@H](OC)[C@H]1OC. The second-order valence-electron chi connectivity index (χ2n) is 5.04. The van der Waals surface area contributed by atoms with Crippen molar-refractivity contribution in [1.82, 2.24) is 0 Å². The van der Waals surface area contributed by atoms with Crippen LogP contribution in [-0.4, -0.2) is 81.8 Å². The molecule has 0 amide bonds. The van der Waals surface area contributed by atoms with E-state index in [-0.39, 0.29) is 6.61 Å². The fraction of sp³-hybridized carbons (Fsp3) is 0.857. The normalized spacial score (nSPS) is 32.2. The van der Waals surface area contributed by atoms with Crippen molar-refractivity contribution in [1.29, 1.82) is 0 Å². The van der Waals surface area contributed by atoms with Crippen LogP contribution in [-0.2, 0) is 38.0 Å². The predicted molar refractivity (Wildman–Crippen MR) is 75.5 cm³/mol. The molecule has 23 heavy (non-hydrogen) atoms. The number of methoxy groups -OCH3 is 3. The molecule has 1 fully saturated rings. The van der Waals surface area contributed by atoms with E-state index in [0.29, 0.717) is 0 Å². The van der Waals surface area contributed by atoms with Gasteiger partial charge in [0.1, 0.15) is 31.0 Å². The van der Waals surface area contributed by atoms with Crippen LogP contribution in [0.4, 0.5) is 0 Å². The van der Waals surface area contributed by atoms with Crippen LogP contribution in [0.3, 0.4) is 0 Å². The van der Waals surface area contributed by atoms with Gasteiger partial charge in [0.2, 0.25) is 0 Å². The standard InChI is InChI=1S/C14H24O9/c1-7(15)21-6-9(22-8(2)16)10-11(18-3)12(19-4)13(20-5)14(17)23-10/h9-14,17H,6H2,1-5H3/t9-,10-,11-,12+,13-,14?/m1/s1. The summed E-state index contributed by atoms with van der Waals surface area (Å²) in [7, 11) is 4.26. The van der Waals surface area contributed by atoms with Crippen LogP contribution in [0, 0.1) is 0 Å². The Balaban J connectivity index is 3.01. The molecule has 1 heterocycles. The molecule has 0 aromatic rings. The first kappa shape index (κ1) is 19.8. The molecule has 6 atom stereocenters. The monoisotopic (exact) mass is 336 g/mol. The molecule has 0 aromatic heterocycles. The number of hydrogen-bond acceptors (Lipinski definition) is 9. The number of carbonyl (C=O) groups excluding carboxylic acids is 2. The summed E-state index contributed by atoms with van der Waals surface area (Å²) in [5.41, 5.74) is 0. The molecule has 134 valence electrons. The van der Waals surface area contributed by atoms with E-state index in [1.165, 1.54) is 35.2 Å². The van der Waals surface area contributed by atoms with E-state index in [1.54, 1.807) is 0 Å². The van der Waals surface area contributed by atoms with Crippen molar-refractivity contribution in [3.05, 3.63) is 0 Å². The molecule has 0 aromatic carbocycles. The van der Waals surface area contributed by atoms with Crippen LogP contribution in [0.1, 0.15) is 13.8 Å². The van der Waals surface area contributed by atoms with E-state index >= 15 is 0 Å². The largest absolute Gasteiger partial charge is 0.462 e. The van der Waals surface area contributed by atoms with E-state index < -0.39 is 48.7 Å². The summed E-state index contributed by atoms with van der Waals surface area (Å²) >= 11 is 0. The third-order valence-electron chi connectivity index (χ3n) is 3.50. The molecule has 1 saturated heterocycles. The Bertz CT molecular complexity index is 400. The van der Waals surface area contributed by atoms with Crippen molar-refractivity contribution in [3.63, 3.8) is 0 Å². The van der Waals surface area contributed by atoms with Crippen molar-refractivity contribution in [2.24, 2.45) is 0 Å². The third kappa shape index (κ3) is 5.11. The van der Waals surface area contributed by atoms with Gasteiger partial charge < -0.3 is 33.5 Å². The first-order valence-electron chi connectivity index (χ1n) is 7.08. The highest BCUT2D eigenvalue weighted by Crippen LogP contribution is 2.29. The van der Waals surface area contributed by atoms with Crippen molar-refractivity contribution in [2.45, 2.75) is 50.7 Å². The van der Waals surface area contributed by atoms with Gasteiger partial charge in [0.15, 0.2) is 12.4 Å². The van der Waals surface area contributed by atoms with Gasteiger partial charge in [-0.05, 0) is 0 Å². The quantitative estimate of drug-likeness (QED) is 0.600. The van der Waals surface area contributed by atoms with E-state index in [2.05, 4.69) is 0 Å². The van der Waals surface area contributed by atoms with Crippen molar-refractivity contribution < 1.29 is 43.1 Å². The van der Waals surface area contributed by atoms with E-state index in [9.17, 15) is 14.7 Å².